The molecule has 4 nitrogen and oxygen atoms in total. The molecule has 1 aromatic carbocycles. The van der Waals surface area contributed by atoms with Crippen molar-refractivity contribution in [2.45, 2.75) is 6.54 Å². The fourth-order valence-corrected chi connectivity index (χ4v) is 3.12. The van der Waals surface area contributed by atoms with Crippen LogP contribution in [0.4, 0.5) is 4.39 Å². The topological polar surface area (TPSA) is 54.9 Å². The van der Waals surface area contributed by atoms with Gasteiger partial charge in [0.05, 0.1) is 11.9 Å². The molecule has 102 valence electrons. The summed E-state index contributed by atoms with van der Waals surface area (Å²) in [4.78, 5) is 27.3. The first kappa shape index (κ1) is 12.8. The number of aromatic amines is 1. The van der Waals surface area contributed by atoms with Gasteiger partial charge in [-0.15, -0.1) is 11.3 Å². The minimum atomic E-state index is -0.751. The molecule has 1 N–H and O–H groups in total. The number of H-pyrrole nitrogens is 1. The van der Waals surface area contributed by atoms with E-state index in [9.17, 15) is 14.0 Å². The van der Waals surface area contributed by atoms with Crippen LogP contribution in [0.2, 0.25) is 0 Å². The molecule has 0 aliphatic carbocycles. The number of nitrogens with zero attached hydrogens (tertiary/aromatic N) is 1. The predicted molar refractivity (Wildman–Crippen MR) is 78.1 cm³/mol. The van der Waals surface area contributed by atoms with Gasteiger partial charge >= 0.3 is 5.69 Å². The molecular weight excluding hydrogens is 279 g/mol. The number of fused-ring (bicyclic) bond motifs is 1. The van der Waals surface area contributed by atoms with Crippen molar-refractivity contribution >= 4 is 21.6 Å². The minimum Gasteiger partial charge on any atom is -0.298 e. The molecule has 0 bridgehead atoms. The summed E-state index contributed by atoms with van der Waals surface area (Å²) in [5.41, 5.74) is 0.650. The number of alkyl halides is 1. The Kier molecular flexibility index (Phi) is 3.23. The Balaban J connectivity index is 2.34. The number of thiophene rings is 1. The molecule has 0 atom stereocenters. The molecule has 0 saturated heterocycles. The number of hydrogen-bond donors (Lipinski definition) is 1. The van der Waals surface area contributed by atoms with Gasteiger partial charge in [0.1, 0.15) is 11.5 Å². The molecule has 0 aliphatic heterocycles. The molecule has 20 heavy (non-hydrogen) atoms. The molecule has 2 aromatic heterocycles. The second-order valence-electron chi connectivity index (χ2n) is 4.30. The number of hydrogen-bond acceptors (Lipinski definition) is 3. The fourth-order valence-electron chi connectivity index (χ4n) is 2.17. The zero-order chi connectivity index (χ0) is 14.1. The Labute approximate surface area is 117 Å². The number of nitrogens with one attached hydrogen (secondary N) is 1. The minimum absolute atomic E-state index is 0.228. The molecule has 0 saturated carbocycles. The summed E-state index contributed by atoms with van der Waals surface area (Å²) in [5, 5.41) is 2.27. The molecule has 0 spiro atoms. The Morgan fingerprint density at radius 2 is 1.95 bits per heavy atom. The maximum Gasteiger partial charge on any atom is 0.329 e. The van der Waals surface area contributed by atoms with Crippen molar-refractivity contribution in [1.82, 2.24) is 9.55 Å². The molecule has 0 fully saturated rings. The number of aromatic nitrogens is 2. The van der Waals surface area contributed by atoms with Crippen molar-refractivity contribution in [2.75, 3.05) is 6.67 Å². The average Bonchev–Trinajstić information content (AvgIpc) is 2.88. The van der Waals surface area contributed by atoms with E-state index >= 15 is 0 Å². The van der Waals surface area contributed by atoms with Crippen LogP contribution in [0.1, 0.15) is 0 Å². The third kappa shape index (κ3) is 1.98. The first-order chi connectivity index (χ1) is 9.72. The van der Waals surface area contributed by atoms with Crippen molar-refractivity contribution in [3.63, 3.8) is 0 Å². The SMILES string of the molecule is O=c1[nH]c2scc(-c3ccccc3)c2c(=O)n1CCF. The summed E-state index contributed by atoms with van der Waals surface area (Å²) in [6.07, 6.45) is 0. The number of halogens is 1. The lowest BCUT2D eigenvalue weighted by molar-refractivity contribution is 0.434. The van der Waals surface area contributed by atoms with Crippen molar-refractivity contribution in [2.24, 2.45) is 0 Å². The first-order valence-corrected chi connectivity index (χ1v) is 6.96. The molecule has 3 aromatic rings. The molecular formula is C14H11FN2O2S. The van der Waals surface area contributed by atoms with Crippen molar-refractivity contribution < 1.29 is 4.39 Å². The highest BCUT2D eigenvalue weighted by Gasteiger charge is 2.14. The van der Waals surface area contributed by atoms with E-state index in [1.807, 2.05) is 35.7 Å². The number of rotatable bonds is 3. The smallest absolute Gasteiger partial charge is 0.298 e. The van der Waals surface area contributed by atoms with Crippen LogP contribution >= 0.6 is 11.3 Å². The van der Waals surface area contributed by atoms with Crippen molar-refractivity contribution in [3.05, 3.63) is 56.5 Å². The highest BCUT2D eigenvalue weighted by atomic mass is 32.1. The zero-order valence-electron chi connectivity index (χ0n) is 10.4. The predicted octanol–water partition coefficient (Wildman–Crippen LogP) is 2.39. The highest BCUT2D eigenvalue weighted by molar-refractivity contribution is 7.17. The van der Waals surface area contributed by atoms with Gasteiger partial charge in [-0.2, -0.15) is 0 Å². The normalized spacial score (nSPS) is 11.1. The summed E-state index contributed by atoms with van der Waals surface area (Å²) in [6.45, 7) is -0.979. The standard InChI is InChI=1S/C14H11FN2O2S/c15-6-7-17-13(18)11-10(9-4-2-1-3-5-9)8-20-12(11)16-14(17)19/h1-5,8H,6-7H2,(H,16,19). The Hall–Kier alpha value is -2.21. The van der Waals surface area contributed by atoms with Crippen LogP contribution in [0.5, 0.6) is 0 Å². The average molecular weight is 290 g/mol. The molecule has 0 radical (unpaired) electrons. The molecule has 6 heteroatoms. The summed E-state index contributed by atoms with van der Waals surface area (Å²) < 4.78 is 13.4. The molecule has 0 unspecified atom stereocenters. The highest BCUT2D eigenvalue weighted by Crippen LogP contribution is 2.29. The van der Waals surface area contributed by atoms with Crippen LogP contribution in [0.25, 0.3) is 21.3 Å². The van der Waals surface area contributed by atoms with E-state index in [-0.39, 0.29) is 6.54 Å². The van der Waals surface area contributed by atoms with E-state index in [4.69, 9.17) is 0 Å². The quantitative estimate of drug-likeness (QED) is 0.805. The van der Waals surface area contributed by atoms with Crippen LogP contribution in [0.3, 0.4) is 0 Å². The van der Waals surface area contributed by atoms with Gasteiger partial charge in [0.25, 0.3) is 5.56 Å². The van der Waals surface area contributed by atoms with Gasteiger partial charge in [0, 0.05) is 10.9 Å². The zero-order valence-corrected chi connectivity index (χ0v) is 11.2. The van der Waals surface area contributed by atoms with Gasteiger partial charge < -0.3 is 0 Å². The van der Waals surface area contributed by atoms with E-state index in [0.717, 1.165) is 15.7 Å². The molecule has 0 amide bonds. The van der Waals surface area contributed by atoms with Crippen LogP contribution in [-0.4, -0.2) is 16.2 Å². The van der Waals surface area contributed by atoms with E-state index < -0.39 is 17.9 Å². The third-order valence-electron chi connectivity index (χ3n) is 3.11. The lowest BCUT2D eigenvalue weighted by Gasteiger charge is -2.03. The van der Waals surface area contributed by atoms with Gasteiger partial charge in [-0.25, -0.2) is 9.18 Å². The molecule has 2 heterocycles. The van der Waals surface area contributed by atoms with Gasteiger partial charge in [-0.3, -0.25) is 14.3 Å². The third-order valence-corrected chi connectivity index (χ3v) is 4.00. The van der Waals surface area contributed by atoms with E-state index in [2.05, 4.69) is 4.98 Å². The van der Waals surface area contributed by atoms with Crippen molar-refractivity contribution in [3.8, 4) is 11.1 Å². The van der Waals surface area contributed by atoms with E-state index in [1.165, 1.54) is 11.3 Å². The largest absolute Gasteiger partial charge is 0.329 e. The Bertz CT molecular complexity index is 864. The van der Waals surface area contributed by atoms with Crippen LogP contribution < -0.4 is 11.2 Å². The van der Waals surface area contributed by atoms with Crippen molar-refractivity contribution in [1.29, 1.82) is 0 Å². The lowest BCUT2D eigenvalue weighted by atomic mass is 10.1. The molecule has 0 aliphatic rings. The molecule has 3 rings (SSSR count). The van der Waals surface area contributed by atoms with E-state index in [0.29, 0.717) is 10.2 Å². The Morgan fingerprint density at radius 1 is 1.20 bits per heavy atom. The fraction of sp³-hybridized carbons (Fsp3) is 0.143. The van der Waals surface area contributed by atoms with Gasteiger partial charge in [0.2, 0.25) is 0 Å². The second kappa shape index (κ2) is 5.05. The van der Waals surface area contributed by atoms with Crippen LogP contribution in [0, 0.1) is 0 Å². The number of benzene rings is 1. The van der Waals surface area contributed by atoms with E-state index in [1.54, 1.807) is 0 Å². The Morgan fingerprint density at radius 3 is 2.65 bits per heavy atom. The lowest BCUT2D eigenvalue weighted by Crippen LogP contribution is -2.35. The summed E-state index contributed by atoms with van der Waals surface area (Å²) in [7, 11) is 0. The van der Waals surface area contributed by atoms with Crippen LogP contribution in [-0.2, 0) is 6.54 Å². The summed E-state index contributed by atoms with van der Waals surface area (Å²) in [5.74, 6) is 0. The monoisotopic (exact) mass is 290 g/mol. The summed E-state index contributed by atoms with van der Waals surface area (Å²) in [6, 6.07) is 9.44. The first-order valence-electron chi connectivity index (χ1n) is 6.08. The van der Waals surface area contributed by atoms with Gasteiger partial charge in [-0.05, 0) is 5.56 Å². The second-order valence-corrected chi connectivity index (χ2v) is 5.18. The maximum absolute atomic E-state index is 12.5. The van der Waals surface area contributed by atoms with Crippen LogP contribution in [0.15, 0.2) is 45.3 Å². The van der Waals surface area contributed by atoms with Gasteiger partial charge in [0.15, 0.2) is 0 Å². The maximum atomic E-state index is 12.5. The van der Waals surface area contributed by atoms with Gasteiger partial charge in [-0.1, -0.05) is 30.3 Å². The summed E-state index contributed by atoms with van der Waals surface area (Å²) >= 11 is 1.30.